The van der Waals surface area contributed by atoms with Gasteiger partial charge in [0.2, 0.25) is 5.91 Å². The number of nitrogens with one attached hydrogen (secondary N) is 1. The third-order valence-electron chi connectivity index (χ3n) is 4.42. The molecule has 2 unspecified atom stereocenters. The topological polar surface area (TPSA) is 54.4 Å². The fourth-order valence-corrected chi connectivity index (χ4v) is 4.45. The summed E-state index contributed by atoms with van der Waals surface area (Å²) in [6, 6.07) is 2.11. The Balaban J connectivity index is 1.71. The van der Waals surface area contributed by atoms with E-state index in [-0.39, 0.29) is 17.9 Å². The minimum Gasteiger partial charge on any atom is -0.305 e. The molecule has 0 aromatic carbocycles. The zero-order valence-corrected chi connectivity index (χ0v) is 14.2. The van der Waals surface area contributed by atoms with Crippen molar-refractivity contribution in [3.63, 3.8) is 0 Å². The molecule has 0 radical (unpaired) electrons. The smallest absolute Gasteiger partial charge is 0.231 e. The third-order valence-corrected chi connectivity index (χ3v) is 5.66. The van der Waals surface area contributed by atoms with E-state index in [0.717, 1.165) is 35.6 Å². The highest BCUT2D eigenvalue weighted by Crippen LogP contribution is 2.30. The number of rotatable bonds is 2. The maximum absolute atomic E-state index is 12.3. The minimum atomic E-state index is 0.0653. The van der Waals surface area contributed by atoms with E-state index in [4.69, 9.17) is 16.6 Å². The van der Waals surface area contributed by atoms with Gasteiger partial charge in [-0.15, -0.1) is 0 Å². The predicted molar refractivity (Wildman–Crippen MR) is 91.2 cm³/mol. The molecule has 118 valence electrons. The maximum atomic E-state index is 12.3. The molecular formula is C16H20ClN3OS. The zero-order valence-electron chi connectivity index (χ0n) is 12.6. The van der Waals surface area contributed by atoms with Gasteiger partial charge in [0.15, 0.2) is 5.17 Å². The first kappa shape index (κ1) is 15.8. The van der Waals surface area contributed by atoms with E-state index in [2.05, 4.69) is 10.3 Å². The highest BCUT2D eigenvalue weighted by atomic mass is 35.5. The summed E-state index contributed by atoms with van der Waals surface area (Å²) in [6.07, 6.45) is 7.21. The van der Waals surface area contributed by atoms with Crippen molar-refractivity contribution in [2.45, 2.75) is 50.8 Å². The van der Waals surface area contributed by atoms with Crippen LogP contribution in [0.5, 0.6) is 0 Å². The molecule has 4 nitrogen and oxygen atoms in total. The molecule has 22 heavy (non-hydrogen) atoms. The lowest BCUT2D eigenvalue weighted by atomic mass is 9.93. The van der Waals surface area contributed by atoms with E-state index in [0.29, 0.717) is 10.9 Å². The molecule has 0 bridgehead atoms. The number of fused-ring (bicyclic) bond motifs is 1. The normalized spacial score (nSPS) is 25.0. The van der Waals surface area contributed by atoms with Gasteiger partial charge in [0.1, 0.15) is 5.15 Å². The van der Waals surface area contributed by atoms with Crippen molar-refractivity contribution in [2.24, 2.45) is 10.9 Å². The number of pyridine rings is 1. The molecule has 1 aliphatic carbocycles. The molecule has 1 aliphatic heterocycles. The first-order valence-corrected chi connectivity index (χ1v) is 9.13. The molecule has 6 heteroatoms. The van der Waals surface area contributed by atoms with Gasteiger partial charge in [-0.05, 0) is 31.4 Å². The average molecular weight is 338 g/mol. The molecule has 1 fully saturated rings. The highest BCUT2D eigenvalue weighted by Gasteiger charge is 2.33. The van der Waals surface area contributed by atoms with Crippen molar-refractivity contribution in [2.75, 3.05) is 0 Å². The molecule has 2 heterocycles. The highest BCUT2D eigenvalue weighted by molar-refractivity contribution is 8.13. The van der Waals surface area contributed by atoms with Crippen LogP contribution in [0.3, 0.4) is 0 Å². The van der Waals surface area contributed by atoms with Crippen LogP contribution in [0.15, 0.2) is 17.3 Å². The Morgan fingerprint density at radius 1 is 1.36 bits per heavy atom. The summed E-state index contributed by atoms with van der Waals surface area (Å²) in [5.41, 5.74) is 2.12. The molecule has 1 aromatic rings. The number of aliphatic imine (C=N–C) groups is 1. The molecular weight excluding hydrogens is 318 g/mol. The van der Waals surface area contributed by atoms with Gasteiger partial charge in [-0.1, -0.05) is 42.6 Å². The second-order valence-electron chi connectivity index (χ2n) is 5.92. The summed E-state index contributed by atoms with van der Waals surface area (Å²) in [6.45, 7) is 2.02. The molecule has 2 aliphatic rings. The largest absolute Gasteiger partial charge is 0.305 e. The van der Waals surface area contributed by atoms with E-state index in [9.17, 15) is 4.79 Å². The van der Waals surface area contributed by atoms with Crippen molar-refractivity contribution in [1.82, 2.24) is 10.3 Å². The summed E-state index contributed by atoms with van der Waals surface area (Å²) in [5, 5.41) is 4.22. The number of aromatic nitrogens is 1. The van der Waals surface area contributed by atoms with Crippen LogP contribution in [0.25, 0.3) is 0 Å². The Bertz CT molecular complexity index is 585. The number of carbonyl (C=O) groups excluding carboxylic acids is 1. The van der Waals surface area contributed by atoms with Crippen LogP contribution < -0.4 is 5.32 Å². The van der Waals surface area contributed by atoms with Crippen LogP contribution in [0.1, 0.15) is 43.2 Å². The number of hydrogen-bond acceptors (Lipinski definition) is 4. The van der Waals surface area contributed by atoms with Gasteiger partial charge in [-0.25, -0.2) is 4.98 Å². The van der Waals surface area contributed by atoms with Gasteiger partial charge in [0.25, 0.3) is 0 Å². The second kappa shape index (κ2) is 7.01. The number of thioether (sulfide) groups is 1. The van der Waals surface area contributed by atoms with Crippen molar-refractivity contribution >= 4 is 34.4 Å². The number of halogens is 1. The van der Waals surface area contributed by atoms with Gasteiger partial charge in [-0.2, -0.15) is 0 Å². The predicted octanol–water partition coefficient (Wildman–Crippen LogP) is 3.71. The van der Waals surface area contributed by atoms with Crippen LogP contribution >= 0.6 is 23.4 Å². The Morgan fingerprint density at radius 3 is 3.00 bits per heavy atom. The Morgan fingerprint density at radius 2 is 2.18 bits per heavy atom. The van der Waals surface area contributed by atoms with E-state index < -0.39 is 0 Å². The number of hydrogen-bond donors (Lipinski definition) is 1. The summed E-state index contributed by atoms with van der Waals surface area (Å²) >= 11 is 7.70. The molecule has 0 spiro atoms. The van der Waals surface area contributed by atoms with Crippen LogP contribution in [-0.4, -0.2) is 22.1 Å². The standard InChI is InChI=1S/C16H20ClN3OS/c1-10-7-8-18-14(17)12(10)9-22-16-19-13-6-4-2-3-5-11(13)15(21)20-16/h7-8,11,13H,2-6,9H2,1H3,(H,19,20,21). The van der Waals surface area contributed by atoms with Gasteiger partial charge in [-0.3, -0.25) is 9.79 Å². The number of amidine groups is 1. The quantitative estimate of drug-likeness (QED) is 0.837. The molecule has 1 aromatic heterocycles. The zero-order chi connectivity index (χ0) is 15.5. The molecule has 1 saturated carbocycles. The van der Waals surface area contributed by atoms with Crippen LogP contribution in [0, 0.1) is 12.8 Å². The van der Waals surface area contributed by atoms with Crippen molar-refractivity contribution in [1.29, 1.82) is 0 Å². The summed E-state index contributed by atoms with van der Waals surface area (Å²) in [4.78, 5) is 21.2. The Labute approximate surface area is 140 Å². The lowest BCUT2D eigenvalue weighted by Crippen LogP contribution is -2.44. The average Bonchev–Trinajstić information content (AvgIpc) is 2.72. The minimum absolute atomic E-state index is 0.0653. The molecule has 3 rings (SSSR count). The van der Waals surface area contributed by atoms with Crippen molar-refractivity contribution in [3.8, 4) is 0 Å². The van der Waals surface area contributed by atoms with Crippen molar-refractivity contribution in [3.05, 3.63) is 28.5 Å². The summed E-state index contributed by atoms with van der Waals surface area (Å²) in [7, 11) is 0. The molecule has 1 N–H and O–H groups in total. The van der Waals surface area contributed by atoms with E-state index in [1.165, 1.54) is 24.6 Å². The SMILES string of the molecule is Cc1ccnc(Cl)c1CSC1=NC2CCCCCC2C(=O)N1. The first-order valence-electron chi connectivity index (χ1n) is 7.76. The number of aryl methyl sites for hydroxylation is 1. The first-order chi connectivity index (χ1) is 10.6. The van der Waals surface area contributed by atoms with E-state index >= 15 is 0 Å². The summed E-state index contributed by atoms with van der Waals surface area (Å²) in [5.74, 6) is 0.878. The summed E-state index contributed by atoms with van der Waals surface area (Å²) < 4.78 is 0. The number of carbonyl (C=O) groups is 1. The molecule has 2 atom stereocenters. The second-order valence-corrected chi connectivity index (χ2v) is 7.24. The third kappa shape index (κ3) is 3.46. The van der Waals surface area contributed by atoms with Gasteiger partial charge in [0.05, 0.1) is 12.0 Å². The lowest BCUT2D eigenvalue weighted by Gasteiger charge is -2.27. The number of nitrogens with zero attached hydrogens (tertiary/aromatic N) is 2. The Hall–Kier alpha value is -1.07. The van der Waals surface area contributed by atoms with Crippen LogP contribution in [-0.2, 0) is 10.5 Å². The fraction of sp³-hybridized carbons (Fsp3) is 0.562. The monoisotopic (exact) mass is 337 g/mol. The molecule has 1 amide bonds. The molecule has 0 saturated heterocycles. The number of amides is 1. The van der Waals surface area contributed by atoms with Gasteiger partial charge in [0, 0.05) is 17.5 Å². The fourth-order valence-electron chi connectivity index (χ4n) is 3.07. The maximum Gasteiger partial charge on any atom is 0.231 e. The van der Waals surface area contributed by atoms with Crippen molar-refractivity contribution < 1.29 is 4.79 Å². The lowest BCUT2D eigenvalue weighted by molar-refractivity contribution is -0.124. The van der Waals surface area contributed by atoms with E-state index in [1.54, 1.807) is 6.20 Å². The van der Waals surface area contributed by atoms with Gasteiger partial charge >= 0.3 is 0 Å². The van der Waals surface area contributed by atoms with E-state index in [1.807, 2.05) is 13.0 Å². The van der Waals surface area contributed by atoms with Crippen LogP contribution in [0.4, 0.5) is 0 Å². The Kier molecular flexibility index (Phi) is 5.03. The van der Waals surface area contributed by atoms with Crippen LogP contribution in [0.2, 0.25) is 5.15 Å². The van der Waals surface area contributed by atoms with Gasteiger partial charge < -0.3 is 5.32 Å².